The number of rotatable bonds is 3. The number of ether oxygens (including phenoxy) is 1. The molecule has 0 aromatic carbocycles. The van der Waals surface area contributed by atoms with E-state index in [-0.39, 0.29) is 5.82 Å². The molecule has 9 heteroatoms. The zero-order valence-corrected chi connectivity index (χ0v) is 17.3. The first-order valence-corrected chi connectivity index (χ1v) is 10.6. The maximum absolute atomic E-state index is 13.8. The SMILES string of the molecule is Cn1cc(C2CCN(c3ccc4oc(N5CCOCC5)nc4n3)C2)c2cc(F)cnc21. The minimum Gasteiger partial charge on any atom is -0.422 e. The monoisotopic (exact) mass is 422 g/mol. The highest BCUT2D eigenvalue weighted by molar-refractivity contribution is 5.81. The van der Waals surface area contributed by atoms with Crippen LogP contribution in [0.5, 0.6) is 0 Å². The van der Waals surface area contributed by atoms with Crippen molar-refractivity contribution in [1.82, 2.24) is 19.5 Å². The molecule has 0 spiro atoms. The lowest BCUT2D eigenvalue weighted by Gasteiger charge is -2.24. The first-order valence-electron chi connectivity index (χ1n) is 10.6. The van der Waals surface area contributed by atoms with Crippen LogP contribution >= 0.6 is 0 Å². The summed E-state index contributed by atoms with van der Waals surface area (Å²) in [4.78, 5) is 18.0. The topological polar surface area (TPSA) is 72.5 Å². The lowest BCUT2D eigenvalue weighted by molar-refractivity contribution is 0.120. The molecule has 0 saturated carbocycles. The number of fused-ring (bicyclic) bond motifs is 2. The summed E-state index contributed by atoms with van der Waals surface area (Å²) < 4.78 is 27.1. The van der Waals surface area contributed by atoms with Crippen LogP contribution in [0.25, 0.3) is 22.3 Å². The van der Waals surface area contributed by atoms with E-state index in [0.717, 1.165) is 55.0 Å². The van der Waals surface area contributed by atoms with Gasteiger partial charge >= 0.3 is 0 Å². The van der Waals surface area contributed by atoms with Crippen molar-refractivity contribution >= 4 is 34.1 Å². The van der Waals surface area contributed by atoms with Gasteiger partial charge in [0.15, 0.2) is 5.58 Å². The van der Waals surface area contributed by atoms with Gasteiger partial charge in [0.1, 0.15) is 17.3 Å². The van der Waals surface area contributed by atoms with Crippen LogP contribution in [0.4, 0.5) is 16.2 Å². The van der Waals surface area contributed by atoms with Crippen molar-refractivity contribution in [2.24, 2.45) is 7.05 Å². The summed E-state index contributed by atoms with van der Waals surface area (Å²) in [5.74, 6) is 0.886. The van der Waals surface area contributed by atoms with E-state index < -0.39 is 0 Å². The second-order valence-corrected chi connectivity index (χ2v) is 8.24. The van der Waals surface area contributed by atoms with Gasteiger partial charge in [-0.3, -0.25) is 0 Å². The van der Waals surface area contributed by atoms with Gasteiger partial charge in [0.2, 0.25) is 5.65 Å². The van der Waals surface area contributed by atoms with E-state index in [0.29, 0.717) is 36.4 Å². The van der Waals surface area contributed by atoms with E-state index in [4.69, 9.17) is 14.1 Å². The number of hydrogen-bond acceptors (Lipinski definition) is 7. The van der Waals surface area contributed by atoms with Gasteiger partial charge in [-0.15, -0.1) is 0 Å². The molecular weight excluding hydrogens is 399 g/mol. The zero-order valence-electron chi connectivity index (χ0n) is 17.3. The normalized spacial score (nSPS) is 19.7. The molecular formula is C22H23FN6O2. The maximum atomic E-state index is 13.8. The molecule has 2 aliphatic rings. The summed E-state index contributed by atoms with van der Waals surface area (Å²) in [5.41, 5.74) is 3.27. The minimum absolute atomic E-state index is 0.297. The van der Waals surface area contributed by atoms with E-state index in [1.54, 1.807) is 6.07 Å². The van der Waals surface area contributed by atoms with Crippen LogP contribution < -0.4 is 9.80 Å². The lowest BCUT2D eigenvalue weighted by Crippen LogP contribution is -2.36. The van der Waals surface area contributed by atoms with Crippen LogP contribution in [0.3, 0.4) is 0 Å². The largest absolute Gasteiger partial charge is 0.422 e. The third kappa shape index (κ3) is 3.20. The van der Waals surface area contributed by atoms with Crippen LogP contribution in [-0.2, 0) is 11.8 Å². The Balaban J connectivity index is 1.26. The highest BCUT2D eigenvalue weighted by Crippen LogP contribution is 2.35. The van der Waals surface area contributed by atoms with Crippen molar-refractivity contribution in [2.75, 3.05) is 49.2 Å². The summed E-state index contributed by atoms with van der Waals surface area (Å²) in [6.45, 7) is 4.61. The zero-order chi connectivity index (χ0) is 20.9. The Morgan fingerprint density at radius 3 is 2.84 bits per heavy atom. The minimum atomic E-state index is -0.302. The van der Waals surface area contributed by atoms with Gasteiger partial charge in [-0.25, -0.2) is 14.4 Å². The summed E-state index contributed by atoms with van der Waals surface area (Å²) in [7, 11) is 1.95. The quantitative estimate of drug-likeness (QED) is 0.502. The number of halogens is 1. The Kier molecular flexibility index (Phi) is 4.31. The van der Waals surface area contributed by atoms with Crippen molar-refractivity contribution in [3.8, 4) is 0 Å². The molecule has 2 fully saturated rings. The molecule has 4 aromatic heterocycles. The van der Waals surface area contributed by atoms with Crippen molar-refractivity contribution in [1.29, 1.82) is 0 Å². The standard InChI is InChI=1S/C22H23FN6O2/c1-27-13-17(16-10-15(23)11-24-21(16)27)14-4-5-29(12-14)19-3-2-18-20(25-19)26-22(31-18)28-6-8-30-9-7-28/h2-3,10-11,13-14H,4-9,12H2,1H3. The molecule has 2 saturated heterocycles. The summed E-state index contributed by atoms with van der Waals surface area (Å²) in [6.07, 6.45) is 4.33. The van der Waals surface area contributed by atoms with Gasteiger partial charge in [-0.2, -0.15) is 4.98 Å². The third-order valence-corrected chi connectivity index (χ3v) is 6.27. The van der Waals surface area contributed by atoms with Crippen molar-refractivity contribution in [3.63, 3.8) is 0 Å². The molecule has 1 atom stereocenters. The lowest BCUT2D eigenvalue weighted by atomic mass is 9.99. The Bertz CT molecular complexity index is 1260. The molecule has 0 bridgehead atoms. The van der Waals surface area contributed by atoms with Crippen LogP contribution in [0.2, 0.25) is 0 Å². The summed E-state index contributed by atoms with van der Waals surface area (Å²) in [5, 5.41) is 0.893. The van der Waals surface area contributed by atoms with Crippen molar-refractivity contribution in [2.45, 2.75) is 12.3 Å². The average Bonchev–Trinajstić information content (AvgIpc) is 3.51. The van der Waals surface area contributed by atoms with Crippen LogP contribution in [0, 0.1) is 5.82 Å². The Hall–Kier alpha value is -3.20. The fraction of sp³-hybridized carbons (Fsp3) is 0.409. The van der Waals surface area contributed by atoms with E-state index in [1.165, 1.54) is 6.20 Å². The second-order valence-electron chi connectivity index (χ2n) is 8.24. The van der Waals surface area contributed by atoms with Crippen molar-refractivity contribution in [3.05, 3.63) is 42.0 Å². The molecule has 0 aliphatic carbocycles. The maximum Gasteiger partial charge on any atom is 0.300 e. The van der Waals surface area contributed by atoms with Gasteiger partial charge < -0.3 is 23.5 Å². The van der Waals surface area contributed by atoms with Crippen LogP contribution in [-0.4, -0.2) is 58.9 Å². The number of oxazole rings is 1. The first kappa shape index (κ1) is 18.6. The van der Waals surface area contributed by atoms with Gasteiger partial charge in [0, 0.05) is 50.7 Å². The number of morpholine rings is 1. The predicted molar refractivity (Wildman–Crippen MR) is 115 cm³/mol. The number of hydrogen-bond donors (Lipinski definition) is 0. The fourth-order valence-electron chi connectivity index (χ4n) is 4.68. The Labute approximate surface area is 178 Å². The number of nitrogens with zero attached hydrogens (tertiary/aromatic N) is 6. The van der Waals surface area contributed by atoms with E-state index in [2.05, 4.69) is 26.0 Å². The molecule has 31 heavy (non-hydrogen) atoms. The van der Waals surface area contributed by atoms with Gasteiger partial charge in [0.25, 0.3) is 6.01 Å². The molecule has 1 unspecified atom stereocenters. The molecule has 0 radical (unpaired) electrons. The third-order valence-electron chi connectivity index (χ3n) is 6.27. The second kappa shape index (κ2) is 7.19. The number of aromatic nitrogens is 4. The number of aryl methyl sites for hydroxylation is 1. The van der Waals surface area contributed by atoms with Crippen LogP contribution in [0.15, 0.2) is 35.0 Å². The van der Waals surface area contributed by atoms with E-state index >= 15 is 0 Å². The highest BCUT2D eigenvalue weighted by atomic mass is 19.1. The molecule has 6 rings (SSSR count). The smallest absolute Gasteiger partial charge is 0.300 e. The first-order chi connectivity index (χ1) is 15.2. The fourth-order valence-corrected chi connectivity index (χ4v) is 4.68. The van der Waals surface area contributed by atoms with Crippen LogP contribution in [0.1, 0.15) is 17.9 Å². The molecule has 2 aliphatic heterocycles. The Morgan fingerprint density at radius 1 is 1.10 bits per heavy atom. The van der Waals surface area contributed by atoms with Crippen molar-refractivity contribution < 1.29 is 13.5 Å². The molecule has 0 amide bonds. The average molecular weight is 422 g/mol. The summed E-state index contributed by atoms with van der Waals surface area (Å²) >= 11 is 0. The predicted octanol–water partition coefficient (Wildman–Crippen LogP) is 3.08. The van der Waals surface area contributed by atoms with Gasteiger partial charge in [-0.1, -0.05) is 0 Å². The molecule has 0 N–H and O–H groups in total. The number of anilines is 2. The van der Waals surface area contributed by atoms with E-state index in [9.17, 15) is 4.39 Å². The molecule has 6 heterocycles. The molecule has 8 nitrogen and oxygen atoms in total. The highest BCUT2D eigenvalue weighted by Gasteiger charge is 2.28. The summed E-state index contributed by atoms with van der Waals surface area (Å²) in [6, 6.07) is 6.13. The molecule has 160 valence electrons. The number of pyridine rings is 2. The molecule has 4 aromatic rings. The van der Waals surface area contributed by atoms with Gasteiger partial charge in [-0.05, 0) is 30.2 Å². The Morgan fingerprint density at radius 2 is 1.97 bits per heavy atom. The van der Waals surface area contributed by atoms with E-state index in [1.807, 2.05) is 23.7 Å². The van der Waals surface area contributed by atoms with Gasteiger partial charge in [0.05, 0.1) is 19.4 Å².